The number of hydrogen-bond donors (Lipinski definition) is 1. The summed E-state index contributed by atoms with van der Waals surface area (Å²) in [7, 11) is 0. The second kappa shape index (κ2) is 4.92. The summed E-state index contributed by atoms with van der Waals surface area (Å²) < 4.78 is 7.44. The Labute approximate surface area is 130 Å². The van der Waals surface area contributed by atoms with Gasteiger partial charge in [0.2, 0.25) is 5.89 Å². The molecule has 0 amide bonds. The lowest BCUT2D eigenvalue weighted by atomic mass is 10.2. The number of aryl methyl sites for hydroxylation is 3. The number of fused-ring (bicyclic) bond motifs is 1. The maximum absolute atomic E-state index is 12.8. The third kappa shape index (κ3) is 2.16. The molecule has 0 aliphatic heterocycles. The Bertz CT molecular complexity index is 945. The molecule has 3 aromatic heterocycles. The molecule has 110 valence electrons. The summed E-state index contributed by atoms with van der Waals surface area (Å²) in [6.45, 7) is 7.64. The lowest BCUT2D eigenvalue weighted by Crippen LogP contribution is -2.26. The fraction of sp³-hybridized carbons (Fsp3) is 0.357. The number of thiophene rings is 1. The van der Waals surface area contributed by atoms with Crippen LogP contribution in [-0.2, 0) is 0 Å². The zero-order valence-electron chi connectivity index (χ0n) is 12.2. The van der Waals surface area contributed by atoms with E-state index in [-0.39, 0.29) is 11.6 Å². The van der Waals surface area contributed by atoms with Crippen molar-refractivity contribution >= 4 is 33.8 Å². The first-order valence-corrected chi connectivity index (χ1v) is 7.79. The highest BCUT2D eigenvalue weighted by atomic mass is 32.1. The van der Waals surface area contributed by atoms with Crippen molar-refractivity contribution in [1.82, 2.24) is 14.5 Å². The number of rotatable bonds is 2. The van der Waals surface area contributed by atoms with Crippen LogP contribution >= 0.6 is 23.6 Å². The third-order valence-corrected chi connectivity index (χ3v) is 5.06. The summed E-state index contributed by atoms with van der Waals surface area (Å²) in [4.78, 5) is 22.1. The Balaban J connectivity index is 2.30. The van der Waals surface area contributed by atoms with E-state index in [4.69, 9.17) is 16.6 Å². The van der Waals surface area contributed by atoms with Crippen LogP contribution in [0.15, 0.2) is 15.4 Å². The van der Waals surface area contributed by atoms with Gasteiger partial charge in [-0.05, 0) is 45.5 Å². The average molecular weight is 321 g/mol. The van der Waals surface area contributed by atoms with Gasteiger partial charge in [0.05, 0.1) is 11.6 Å². The smallest absolute Gasteiger partial charge is 0.264 e. The monoisotopic (exact) mass is 321 g/mol. The zero-order valence-corrected chi connectivity index (χ0v) is 13.8. The molecule has 1 unspecified atom stereocenters. The molecule has 3 heterocycles. The molecule has 0 radical (unpaired) electrons. The van der Waals surface area contributed by atoms with Crippen LogP contribution < -0.4 is 5.56 Å². The van der Waals surface area contributed by atoms with Gasteiger partial charge >= 0.3 is 0 Å². The van der Waals surface area contributed by atoms with Gasteiger partial charge in [-0.2, -0.15) is 0 Å². The van der Waals surface area contributed by atoms with Crippen LogP contribution in [-0.4, -0.2) is 14.5 Å². The van der Waals surface area contributed by atoms with Crippen molar-refractivity contribution in [3.8, 4) is 0 Å². The maximum atomic E-state index is 12.8. The van der Waals surface area contributed by atoms with Crippen molar-refractivity contribution in [3.05, 3.63) is 43.4 Å². The van der Waals surface area contributed by atoms with Gasteiger partial charge in [0.25, 0.3) is 5.56 Å². The largest absolute Gasteiger partial charge is 0.444 e. The van der Waals surface area contributed by atoms with Gasteiger partial charge in [-0.25, -0.2) is 4.98 Å². The Morgan fingerprint density at radius 2 is 2.14 bits per heavy atom. The summed E-state index contributed by atoms with van der Waals surface area (Å²) in [5, 5.41) is 0.696. The van der Waals surface area contributed by atoms with Crippen LogP contribution in [0.5, 0.6) is 0 Å². The lowest BCUT2D eigenvalue weighted by molar-refractivity contribution is 0.407. The van der Waals surface area contributed by atoms with E-state index < -0.39 is 0 Å². The minimum absolute atomic E-state index is 0.0982. The molecular formula is C14H15N3O2S2. The molecule has 1 N–H and O–H groups in total. The van der Waals surface area contributed by atoms with Crippen LogP contribution in [0.1, 0.15) is 35.1 Å². The van der Waals surface area contributed by atoms with Crippen molar-refractivity contribution in [3.63, 3.8) is 0 Å². The van der Waals surface area contributed by atoms with Crippen LogP contribution in [0.4, 0.5) is 0 Å². The van der Waals surface area contributed by atoms with Crippen LogP contribution in [0.25, 0.3) is 10.2 Å². The summed E-state index contributed by atoms with van der Waals surface area (Å²) in [6.07, 6.45) is 1.64. The third-order valence-electron chi connectivity index (χ3n) is 3.64. The van der Waals surface area contributed by atoms with Crippen molar-refractivity contribution in [2.75, 3.05) is 0 Å². The fourth-order valence-electron chi connectivity index (χ4n) is 2.37. The highest BCUT2D eigenvalue weighted by Crippen LogP contribution is 2.27. The summed E-state index contributed by atoms with van der Waals surface area (Å²) in [6, 6.07) is -0.348. The molecule has 0 aliphatic carbocycles. The molecule has 7 heteroatoms. The number of aromatic amines is 1. The summed E-state index contributed by atoms with van der Waals surface area (Å²) in [5.41, 5.74) is 0.898. The molecule has 5 nitrogen and oxygen atoms in total. The highest BCUT2D eigenvalue weighted by Gasteiger charge is 2.20. The van der Waals surface area contributed by atoms with E-state index in [1.54, 1.807) is 17.5 Å². The maximum Gasteiger partial charge on any atom is 0.264 e. The molecule has 0 spiro atoms. The van der Waals surface area contributed by atoms with Crippen molar-refractivity contribution < 1.29 is 4.42 Å². The lowest BCUT2D eigenvalue weighted by Gasteiger charge is -2.12. The van der Waals surface area contributed by atoms with E-state index in [1.165, 1.54) is 4.57 Å². The Morgan fingerprint density at radius 1 is 1.43 bits per heavy atom. The Hall–Kier alpha value is -1.73. The van der Waals surface area contributed by atoms with Gasteiger partial charge in [0, 0.05) is 4.88 Å². The molecule has 0 aromatic carbocycles. The molecule has 21 heavy (non-hydrogen) atoms. The van der Waals surface area contributed by atoms with E-state index in [9.17, 15) is 4.79 Å². The van der Waals surface area contributed by atoms with Crippen LogP contribution in [0.3, 0.4) is 0 Å². The van der Waals surface area contributed by atoms with E-state index in [2.05, 4.69) is 9.97 Å². The number of aromatic nitrogens is 3. The van der Waals surface area contributed by atoms with Gasteiger partial charge in [-0.3, -0.25) is 9.36 Å². The zero-order chi connectivity index (χ0) is 15.3. The van der Waals surface area contributed by atoms with Crippen LogP contribution in [0.2, 0.25) is 0 Å². The molecule has 3 aromatic rings. The van der Waals surface area contributed by atoms with Gasteiger partial charge in [-0.15, -0.1) is 11.3 Å². The normalized spacial score (nSPS) is 13.0. The molecule has 3 rings (SSSR count). The quantitative estimate of drug-likeness (QED) is 0.732. The molecule has 0 fully saturated rings. The first-order chi connectivity index (χ1) is 9.90. The first-order valence-electron chi connectivity index (χ1n) is 6.57. The van der Waals surface area contributed by atoms with Crippen LogP contribution in [0, 0.1) is 25.5 Å². The molecule has 1 atom stereocenters. The predicted octanol–water partition coefficient (Wildman–Crippen LogP) is 3.64. The minimum atomic E-state index is -0.348. The first kappa shape index (κ1) is 14.2. The summed E-state index contributed by atoms with van der Waals surface area (Å²) >= 11 is 6.90. The van der Waals surface area contributed by atoms with E-state index in [0.29, 0.717) is 21.8 Å². The molecule has 0 aliphatic rings. The van der Waals surface area contributed by atoms with E-state index in [0.717, 1.165) is 15.3 Å². The second-order valence-corrected chi connectivity index (χ2v) is 6.69. The van der Waals surface area contributed by atoms with Gasteiger partial charge in [0.1, 0.15) is 16.6 Å². The van der Waals surface area contributed by atoms with Gasteiger partial charge in [-0.1, -0.05) is 0 Å². The fourth-order valence-corrected chi connectivity index (χ4v) is 3.83. The predicted molar refractivity (Wildman–Crippen MR) is 85.8 cm³/mol. The van der Waals surface area contributed by atoms with Gasteiger partial charge in [0.15, 0.2) is 4.77 Å². The number of hydrogen-bond acceptors (Lipinski definition) is 5. The average Bonchev–Trinajstić information content (AvgIpc) is 2.95. The van der Waals surface area contributed by atoms with Gasteiger partial charge < -0.3 is 9.40 Å². The van der Waals surface area contributed by atoms with E-state index >= 15 is 0 Å². The van der Waals surface area contributed by atoms with Crippen molar-refractivity contribution in [1.29, 1.82) is 0 Å². The highest BCUT2D eigenvalue weighted by molar-refractivity contribution is 7.71. The number of oxazole rings is 1. The second-order valence-electron chi connectivity index (χ2n) is 5.08. The summed E-state index contributed by atoms with van der Waals surface area (Å²) in [5.74, 6) is 1.20. The number of nitrogens with zero attached hydrogens (tertiary/aromatic N) is 2. The molecule has 0 bridgehead atoms. The van der Waals surface area contributed by atoms with Crippen molar-refractivity contribution in [2.45, 2.75) is 33.7 Å². The number of H-pyrrole nitrogens is 1. The van der Waals surface area contributed by atoms with Crippen molar-refractivity contribution in [2.24, 2.45) is 0 Å². The van der Waals surface area contributed by atoms with E-state index in [1.807, 2.05) is 27.7 Å². The topological polar surface area (TPSA) is 63.8 Å². The molecule has 0 saturated carbocycles. The minimum Gasteiger partial charge on any atom is -0.444 e. The standard InChI is InChI=1S/C14H15N3O2S2/c1-6-5-15-11(19-6)8(3)17-13(18)10-7(2)9(4)21-12(10)16-14(17)20/h5,8H,1-4H3,(H,16,20). The Kier molecular flexibility index (Phi) is 3.33. The molecule has 0 saturated heterocycles. The SMILES string of the molecule is Cc1cnc(C(C)n2c(=S)[nH]c3sc(C)c(C)c3c2=O)o1. The molecular weight excluding hydrogens is 306 g/mol. The Morgan fingerprint density at radius 3 is 2.76 bits per heavy atom. The number of nitrogens with one attached hydrogen (secondary N) is 1.